The van der Waals surface area contributed by atoms with Gasteiger partial charge in [-0.2, -0.15) is 0 Å². The molecule has 0 aromatic carbocycles. The summed E-state index contributed by atoms with van der Waals surface area (Å²) in [5.74, 6) is 0.0376. The number of carbonyl (C=O) groups excluding carboxylic acids is 1. The second kappa shape index (κ2) is 6.85. The number of aryl methyl sites for hydroxylation is 2. The maximum Gasteiger partial charge on any atom is 0.261 e. The topological polar surface area (TPSA) is 42.0 Å². The molecule has 1 aliphatic carbocycles. The fourth-order valence-corrected chi connectivity index (χ4v) is 3.90. The summed E-state index contributed by atoms with van der Waals surface area (Å²) in [5.41, 5.74) is 2.42. The molecule has 2 aromatic heterocycles. The molecule has 1 amide bonds. The van der Waals surface area contributed by atoms with Crippen molar-refractivity contribution in [2.24, 2.45) is 0 Å². The van der Waals surface area contributed by atoms with Gasteiger partial charge in [-0.05, 0) is 48.9 Å². The number of thiophene rings is 1. The van der Waals surface area contributed by atoms with E-state index in [2.05, 4.69) is 16.4 Å². The van der Waals surface area contributed by atoms with Crippen molar-refractivity contribution in [3.63, 3.8) is 0 Å². The number of carbonyl (C=O) groups is 1. The summed E-state index contributed by atoms with van der Waals surface area (Å²) in [7, 11) is 0. The largest absolute Gasteiger partial charge is 0.347 e. The monoisotopic (exact) mass is 300 g/mol. The van der Waals surface area contributed by atoms with Crippen LogP contribution in [-0.2, 0) is 19.4 Å². The molecule has 0 aliphatic heterocycles. The molecule has 21 heavy (non-hydrogen) atoms. The second-order valence-electron chi connectivity index (χ2n) is 5.52. The maximum absolute atomic E-state index is 12.3. The summed E-state index contributed by atoms with van der Waals surface area (Å²) in [6, 6.07) is 5.96. The minimum atomic E-state index is 0.0376. The highest BCUT2D eigenvalue weighted by Crippen LogP contribution is 2.28. The molecule has 0 spiro atoms. The highest BCUT2D eigenvalue weighted by Gasteiger charge is 2.15. The van der Waals surface area contributed by atoms with E-state index >= 15 is 0 Å². The Balaban J connectivity index is 1.66. The first kappa shape index (κ1) is 14.3. The predicted octanol–water partition coefficient (Wildman–Crippen LogP) is 3.73. The minimum absolute atomic E-state index is 0.0376. The zero-order valence-corrected chi connectivity index (χ0v) is 12.9. The standard InChI is InChI=1S/C17H20N2OS/c20-17(19-12-13-6-5-9-18-11-13)16-10-14-7-3-1-2-4-8-15(14)21-16/h5-6,9-11H,1-4,7-8,12H2,(H,19,20). The van der Waals surface area contributed by atoms with E-state index in [4.69, 9.17) is 0 Å². The Hall–Kier alpha value is -1.68. The zero-order valence-electron chi connectivity index (χ0n) is 12.1. The summed E-state index contributed by atoms with van der Waals surface area (Å²) in [4.78, 5) is 18.6. The first-order valence-corrected chi connectivity index (χ1v) is 8.43. The van der Waals surface area contributed by atoms with Gasteiger partial charge in [0.05, 0.1) is 4.88 Å². The Morgan fingerprint density at radius 2 is 2.10 bits per heavy atom. The van der Waals surface area contributed by atoms with Gasteiger partial charge < -0.3 is 5.32 Å². The fourth-order valence-electron chi connectivity index (χ4n) is 2.73. The summed E-state index contributed by atoms with van der Waals surface area (Å²) in [6.07, 6.45) is 10.9. The van der Waals surface area contributed by atoms with Gasteiger partial charge in [0.25, 0.3) is 5.91 Å². The van der Waals surface area contributed by atoms with Gasteiger partial charge in [0.1, 0.15) is 0 Å². The summed E-state index contributed by atoms with van der Waals surface area (Å²) >= 11 is 1.67. The Bertz CT molecular complexity index is 581. The molecule has 0 saturated carbocycles. The van der Waals surface area contributed by atoms with E-state index in [9.17, 15) is 4.79 Å². The molecule has 110 valence electrons. The van der Waals surface area contributed by atoms with Gasteiger partial charge in [0, 0.05) is 23.8 Å². The third-order valence-corrected chi connectivity index (χ3v) is 5.13. The summed E-state index contributed by atoms with van der Waals surface area (Å²) < 4.78 is 0. The van der Waals surface area contributed by atoms with Crippen LogP contribution in [0, 0.1) is 0 Å². The lowest BCUT2D eigenvalue weighted by molar-refractivity contribution is 0.0955. The zero-order chi connectivity index (χ0) is 14.5. The van der Waals surface area contributed by atoms with Crippen LogP contribution in [0.3, 0.4) is 0 Å². The average molecular weight is 300 g/mol. The molecule has 1 N–H and O–H groups in total. The molecule has 4 heteroatoms. The number of rotatable bonds is 3. The lowest BCUT2D eigenvalue weighted by Crippen LogP contribution is -2.21. The van der Waals surface area contributed by atoms with Crippen LogP contribution in [0.2, 0.25) is 0 Å². The molecule has 0 atom stereocenters. The van der Waals surface area contributed by atoms with Crippen LogP contribution in [0.1, 0.15) is 51.4 Å². The summed E-state index contributed by atoms with van der Waals surface area (Å²) in [5, 5.41) is 2.99. The van der Waals surface area contributed by atoms with E-state index in [1.807, 2.05) is 12.1 Å². The molecule has 0 radical (unpaired) electrons. The van der Waals surface area contributed by atoms with Crippen molar-refractivity contribution in [3.05, 3.63) is 51.5 Å². The molecule has 0 unspecified atom stereocenters. The second-order valence-corrected chi connectivity index (χ2v) is 6.65. The van der Waals surface area contributed by atoms with Crippen molar-refractivity contribution >= 4 is 17.2 Å². The number of fused-ring (bicyclic) bond motifs is 1. The molecule has 1 aliphatic rings. The molecular weight excluding hydrogens is 280 g/mol. The number of nitrogens with one attached hydrogen (secondary N) is 1. The quantitative estimate of drug-likeness (QED) is 0.938. The van der Waals surface area contributed by atoms with Gasteiger partial charge in [-0.15, -0.1) is 11.3 Å². The number of hydrogen-bond acceptors (Lipinski definition) is 3. The molecule has 0 saturated heterocycles. The van der Waals surface area contributed by atoms with Crippen LogP contribution < -0.4 is 5.32 Å². The maximum atomic E-state index is 12.3. The number of hydrogen-bond donors (Lipinski definition) is 1. The molecule has 2 heterocycles. The minimum Gasteiger partial charge on any atom is -0.347 e. The Morgan fingerprint density at radius 1 is 1.24 bits per heavy atom. The smallest absolute Gasteiger partial charge is 0.261 e. The van der Waals surface area contributed by atoms with Gasteiger partial charge >= 0.3 is 0 Å². The average Bonchev–Trinajstić information content (AvgIpc) is 2.88. The van der Waals surface area contributed by atoms with E-state index in [1.54, 1.807) is 23.7 Å². The van der Waals surface area contributed by atoms with Crippen LogP contribution in [0.5, 0.6) is 0 Å². The van der Waals surface area contributed by atoms with Crippen molar-refractivity contribution < 1.29 is 4.79 Å². The van der Waals surface area contributed by atoms with Gasteiger partial charge in [0.15, 0.2) is 0 Å². The number of amides is 1. The van der Waals surface area contributed by atoms with Crippen LogP contribution in [0.4, 0.5) is 0 Å². The van der Waals surface area contributed by atoms with Gasteiger partial charge in [-0.25, -0.2) is 0 Å². The van der Waals surface area contributed by atoms with E-state index in [1.165, 1.54) is 36.1 Å². The lowest BCUT2D eigenvalue weighted by atomic mass is 10.00. The fraction of sp³-hybridized carbons (Fsp3) is 0.412. The van der Waals surface area contributed by atoms with Crippen molar-refractivity contribution in [3.8, 4) is 0 Å². The van der Waals surface area contributed by atoms with Crippen LogP contribution in [0.15, 0.2) is 30.6 Å². The number of pyridine rings is 1. The van der Waals surface area contributed by atoms with E-state index in [-0.39, 0.29) is 5.91 Å². The van der Waals surface area contributed by atoms with Crippen LogP contribution in [0.25, 0.3) is 0 Å². The third kappa shape index (κ3) is 3.70. The SMILES string of the molecule is O=C(NCc1cccnc1)c1cc2c(s1)CCCCCC2. The Morgan fingerprint density at radius 3 is 2.90 bits per heavy atom. The highest BCUT2D eigenvalue weighted by molar-refractivity contribution is 7.14. The van der Waals surface area contributed by atoms with E-state index in [0.29, 0.717) is 6.54 Å². The molecule has 0 bridgehead atoms. The Labute approximate surface area is 129 Å². The molecule has 0 fully saturated rings. The first-order chi connectivity index (χ1) is 10.3. The van der Waals surface area contributed by atoms with Gasteiger partial charge in [-0.3, -0.25) is 9.78 Å². The van der Waals surface area contributed by atoms with Gasteiger partial charge in [-0.1, -0.05) is 18.9 Å². The highest BCUT2D eigenvalue weighted by atomic mass is 32.1. The van der Waals surface area contributed by atoms with Crippen LogP contribution in [-0.4, -0.2) is 10.9 Å². The normalized spacial score (nSPS) is 14.9. The van der Waals surface area contributed by atoms with E-state index in [0.717, 1.165) is 23.3 Å². The third-order valence-electron chi connectivity index (χ3n) is 3.90. The van der Waals surface area contributed by atoms with Gasteiger partial charge in [0.2, 0.25) is 0 Å². The van der Waals surface area contributed by atoms with Crippen molar-refractivity contribution in [2.75, 3.05) is 0 Å². The summed E-state index contributed by atoms with van der Waals surface area (Å²) in [6.45, 7) is 0.537. The first-order valence-electron chi connectivity index (χ1n) is 7.61. The van der Waals surface area contributed by atoms with E-state index < -0.39 is 0 Å². The molecule has 3 nitrogen and oxygen atoms in total. The predicted molar refractivity (Wildman–Crippen MR) is 85.6 cm³/mol. The van der Waals surface area contributed by atoms with Crippen molar-refractivity contribution in [1.82, 2.24) is 10.3 Å². The number of nitrogens with zero attached hydrogens (tertiary/aromatic N) is 1. The molecule has 2 aromatic rings. The number of aromatic nitrogens is 1. The van der Waals surface area contributed by atoms with Crippen molar-refractivity contribution in [2.45, 2.75) is 45.1 Å². The lowest BCUT2D eigenvalue weighted by Gasteiger charge is -2.07. The molecule has 3 rings (SSSR count). The van der Waals surface area contributed by atoms with Crippen molar-refractivity contribution in [1.29, 1.82) is 0 Å². The Kier molecular flexibility index (Phi) is 4.65. The molecular formula is C17H20N2OS. The van der Waals surface area contributed by atoms with Crippen LogP contribution >= 0.6 is 11.3 Å².